The van der Waals surface area contributed by atoms with Gasteiger partial charge in [-0.05, 0) is 12.1 Å². The van der Waals surface area contributed by atoms with Crippen molar-refractivity contribution in [1.82, 2.24) is 0 Å². The minimum atomic E-state index is -4.61. The topological polar surface area (TPSA) is 110 Å². The lowest BCUT2D eigenvalue weighted by molar-refractivity contribution is 0.386. The lowest BCUT2D eigenvalue weighted by Gasteiger charge is -2.05. The van der Waals surface area contributed by atoms with Crippen LogP contribution in [0.25, 0.3) is 0 Å². The van der Waals surface area contributed by atoms with Crippen LogP contribution < -0.4 is 9.92 Å². The summed E-state index contributed by atoms with van der Waals surface area (Å²) in [5, 5.41) is 9.02. The standard InChI is InChI=1S/C6H7NO5S/c7-6-4(8)2-1-3-5(6)12-13(9,10)11/h1-3,8H,7H2,(H,9,10,11). The molecule has 0 amide bonds. The molecule has 0 aliphatic heterocycles. The van der Waals surface area contributed by atoms with Crippen molar-refractivity contribution in [1.29, 1.82) is 0 Å². The van der Waals surface area contributed by atoms with Gasteiger partial charge in [0.2, 0.25) is 0 Å². The number of nitrogens with two attached hydrogens (primary N) is 1. The molecule has 13 heavy (non-hydrogen) atoms. The van der Waals surface area contributed by atoms with E-state index in [1.165, 1.54) is 18.2 Å². The van der Waals surface area contributed by atoms with Crippen molar-refractivity contribution in [2.45, 2.75) is 0 Å². The smallest absolute Gasteiger partial charge is 0.446 e. The van der Waals surface area contributed by atoms with Crippen molar-refractivity contribution < 1.29 is 22.3 Å². The molecular formula is C6H7NO5S. The number of phenolic OH excluding ortho intramolecular Hbond substituents is 1. The van der Waals surface area contributed by atoms with E-state index >= 15 is 0 Å². The number of hydrogen-bond donors (Lipinski definition) is 3. The van der Waals surface area contributed by atoms with Gasteiger partial charge in [-0.1, -0.05) is 6.07 Å². The molecule has 0 atom stereocenters. The predicted octanol–water partition coefficient (Wildman–Crippen LogP) is 0.156. The van der Waals surface area contributed by atoms with Gasteiger partial charge < -0.3 is 15.0 Å². The molecule has 1 aromatic rings. The van der Waals surface area contributed by atoms with Crippen LogP contribution in [0.15, 0.2) is 18.2 Å². The van der Waals surface area contributed by atoms with Crippen LogP contribution in [0.2, 0.25) is 0 Å². The lowest BCUT2D eigenvalue weighted by atomic mass is 10.3. The van der Waals surface area contributed by atoms with E-state index in [-0.39, 0.29) is 17.2 Å². The maximum atomic E-state index is 10.3. The fourth-order valence-corrected chi connectivity index (χ4v) is 1.09. The fourth-order valence-electron chi connectivity index (χ4n) is 0.719. The summed E-state index contributed by atoms with van der Waals surface area (Å²) in [6.45, 7) is 0. The Balaban J connectivity index is 3.10. The summed E-state index contributed by atoms with van der Waals surface area (Å²) in [5.74, 6) is -0.636. The molecule has 0 unspecified atom stereocenters. The van der Waals surface area contributed by atoms with Crippen LogP contribution in [0.1, 0.15) is 0 Å². The minimum Gasteiger partial charge on any atom is -0.506 e. The zero-order valence-electron chi connectivity index (χ0n) is 6.34. The van der Waals surface area contributed by atoms with E-state index in [0.29, 0.717) is 0 Å². The van der Waals surface area contributed by atoms with Gasteiger partial charge >= 0.3 is 10.4 Å². The number of anilines is 1. The maximum Gasteiger partial charge on any atom is 0.446 e. The molecule has 6 nitrogen and oxygen atoms in total. The van der Waals surface area contributed by atoms with E-state index in [2.05, 4.69) is 4.18 Å². The normalized spacial score (nSPS) is 11.2. The van der Waals surface area contributed by atoms with E-state index in [0.717, 1.165) is 0 Å². The minimum absolute atomic E-state index is 0.250. The van der Waals surface area contributed by atoms with Crippen LogP contribution in [-0.4, -0.2) is 18.1 Å². The van der Waals surface area contributed by atoms with Crippen LogP contribution in [-0.2, 0) is 10.4 Å². The van der Waals surface area contributed by atoms with Gasteiger partial charge in [-0.2, -0.15) is 8.42 Å². The molecular weight excluding hydrogens is 198 g/mol. The Morgan fingerprint density at radius 2 is 2.00 bits per heavy atom. The molecule has 1 rings (SSSR count). The van der Waals surface area contributed by atoms with Crippen molar-refractivity contribution in [2.24, 2.45) is 0 Å². The SMILES string of the molecule is Nc1c(O)cccc1OS(=O)(=O)O. The maximum absolute atomic E-state index is 10.3. The average molecular weight is 205 g/mol. The van der Waals surface area contributed by atoms with Crippen LogP contribution in [0.5, 0.6) is 11.5 Å². The molecule has 0 aliphatic carbocycles. The molecule has 0 spiro atoms. The first kappa shape index (κ1) is 9.62. The third-order valence-electron chi connectivity index (χ3n) is 1.24. The Bertz CT molecular complexity index is 413. The molecule has 7 heteroatoms. The highest BCUT2D eigenvalue weighted by molar-refractivity contribution is 7.81. The van der Waals surface area contributed by atoms with E-state index < -0.39 is 10.4 Å². The highest BCUT2D eigenvalue weighted by atomic mass is 32.3. The summed E-state index contributed by atoms with van der Waals surface area (Å²) in [6, 6.07) is 3.78. The second kappa shape index (κ2) is 3.11. The number of para-hydroxylation sites is 1. The summed E-state index contributed by atoms with van der Waals surface area (Å²) in [6.07, 6.45) is 0. The van der Waals surface area contributed by atoms with Crippen molar-refractivity contribution in [3.05, 3.63) is 18.2 Å². The third-order valence-corrected chi connectivity index (χ3v) is 1.63. The molecule has 0 bridgehead atoms. The molecule has 0 saturated heterocycles. The van der Waals surface area contributed by atoms with Gasteiger partial charge in [0, 0.05) is 0 Å². The molecule has 0 saturated carbocycles. The van der Waals surface area contributed by atoms with E-state index in [9.17, 15) is 8.42 Å². The molecule has 0 aliphatic rings. The quantitative estimate of drug-likeness (QED) is 0.360. The number of phenols is 1. The Kier molecular flexibility index (Phi) is 2.30. The van der Waals surface area contributed by atoms with Crippen molar-refractivity contribution in [2.75, 3.05) is 5.73 Å². The van der Waals surface area contributed by atoms with E-state index in [1.54, 1.807) is 0 Å². The monoisotopic (exact) mass is 205 g/mol. The van der Waals surface area contributed by atoms with Gasteiger partial charge in [0.15, 0.2) is 5.75 Å². The first-order chi connectivity index (χ1) is 5.90. The van der Waals surface area contributed by atoms with Gasteiger partial charge in [-0.25, -0.2) is 0 Å². The summed E-state index contributed by atoms with van der Waals surface area (Å²) in [5.41, 5.74) is 4.99. The highest BCUT2D eigenvalue weighted by Crippen LogP contribution is 2.30. The molecule has 0 aromatic heterocycles. The average Bonchev–Trinajstić information content (AvgIpc) is 1.96. The summed E-state index contributed by atoms with van der Waals surface area (Å²) in [4.78, 5) is 0. The summed E-state index contributed by atoms with van der Waals surface area (Å²) in [7, 11) is -4.61. The summed E-state index contributed by atoms with van der Waals surface area (Å²) < 4.78 is 32.9. The number of nitrogen functional groups attached to an aromatic ring is 1. The summed E-state index contributed by atoms with van der Waals surface area (Å²) >= 11 is 0. The first-order valence-corrected chi connectivity index (χ1v) is 4.51. The molecule has 0 heterocycles. The number of benzene rings is 1. The zero-order chi connectivity index (χ0) is 10.1. The van der Waals surface area contributed by atoms with Crippen LogP contribution in [0.4, 0.5) is 5.69 Å². The second-order valence-electron chi connectivity index (χ2n) is 2.20. The predicted molar refractivity (Wildman–Crippen MR) is 44.7 cm³/mol. The van der Waals surface area contributed by atoms with Crippen LogP contribution >= 0.6 is 0 Å². The third kappa shape index (κ3) is 2.49. The van der Waals surface area contributed by atoms with Crippen molar-refractivity contribution >= 4 is 16.1 Å². The molecule has 1 aromatic carbocycles. The van der Waals surface area contributed by atoms with Crippen molar-refractivity contribution in [3.8, 4) is 11.5 Å². The molecule has 0 radical (unpaired) electrons. The zero-order valence-corrected chi connectivity index (χ0v) is 7.15. The molecule has 4 N–H and O–H groups in total. The van der Waals surface area contributed by atoms with Gasteiger partial charge in [-0.3, -0.25) is 4.55 Å². The number of rotatable bonds is 2. The number of aromatic hydroxyl groups is 1. The second-order valence-corrected chi connectivity index (χ2v) is 3.22. The van der Waals surface area contributed by atoms with Crippen LogP contribution in [0.3, 0.4) is 0 Å². The Morgan fingerprint density at radius 1 is 1.38 bits per heavy atom. The molecule has 72 valence electrons. The number of hydrogen-bond acceptors (Lipinski definition) is 5. The largest absolute Gasteiger partial charge is 0.506 e. The molecule has 0 fully saturated rings. The van der Waals surface area contributed by atoms with Gasteiger partial charge in [-0.15, -0.1) is 0 Å². The van der Waals surface area contributed by atoms with Gasteiger partial charge in [0.25, 0.3) is 0 Å². The Morgan fingerprint density at radius 3 is 2.54 bits per heavy atom. The van der Waals surface area contributed by atoms with Gasteiger partial charge in [0.05, 0.1) is 0 Å². The van der Waals surface area contributed by atoms with Gasteiger partial charge in [0.1, 0.15) is 11.4 Å². The Labute approximate surface area is 74.5 Å². The fraction of sp³-hybridized carbons (Fsp3) is 0. The van der Waals surface area contributed by atoms with E-state index in [4.69, 9.17) is 15.4 Å². The van der Waals surface area contributed by atoms with E-state index in [1.807, 2.05) is 0 Å². The highest BCUT2D eigenvalue weighted by Gasteiger charge is 2.11. The van der Waals surface area contributed by atoms with Crippen molar-refractivity contribution in [3.63, 3.8) is 0 Å². The lowest BCUT2D eigenvalue weighted by Crippen LogP contribution is -2.08. The van der Waals surface area contributed by atoms with Crippen LogP contribution in [0, 0.1) is 0 Å². The first-order valence-electron chi connectivity index (χ1n) is 3.14. The Hall–Kier alpha value is -1.47.